The van der Waals surface area contributed by atoms with Gasteiger partial charge in [-0.05, 0) is 49.9 Å². The van der Waals surface area contributed by atoms with Crippen LogP contribution in [0.1, 0.15) is 37.9 Å². The molecule has 4 aromatic rings. The maximum Gasteiger partial charge on any atom is 0.296 e. The fraction of sp³-hybridized carbons (Fsp3) is 0.393. The van der Waals surface area contributed by atoms with Gasteiger partial charge in [0.2, 0.25) is 16.0 Å². The smallest absolute Gasteiger partial charge is 0.296 e. The first kappa shape index (κ1) is 27.5. The third-order valence-corrected chi connectivity index (χ3v) is 9.00. The van der Waals surface area contributed by atoms with E-state index in [9.17, 15) is 17.2 Å². The summed E-state index contributed by atoms with van der Waals surface area (Å²) in [6, 6.07) is 16.9. The van der Waals surface area contributed by atoms with E-state index in [1.54, 1.807) is 60.7 Å². The molecule has 0 radical (unpaired) electrons. The molecule has 6 rings (SSSR count). The quantitative estimate of drug-likeness (QED) is 0.316. The number of ether oxygens (including phenoxy) is 1. The van der Waals surface area contributed by atoms with E-state index in [2.05, 4.69) is 15.0 Å². The van der Waals surface area contributed by atoms with Gasteiger partial charge in [-0.2, -0.15) is 9.97 Å². The van der Waals surface area contributed by atoms with Crippen molar-refractivity contribution in [3.05, 3.63) is 66.5 Å². The second-order valence-corrected chi connectivity index (χ2v) is 11.9. The molecule has 3 heterocycles. The second-order valence-electron chi connectivity index (χ2n) is 10.2. The number of halogens is 2. The number of morpholine rings is 1. The summed E-state index contributed by atoms with van der Waals surface area (Å²) in [6.45, 7) is 2.22. The molecule has 2 fully saturated rings. The van der Waals surface area contributed by atoms with E-state index in [1.165, 1.54) is 4.57 Å². The van der Waals surface area contributed by atoms with E-state index in [4.69, 9.17) is 14.7 Å². The Morgan fingerprint density at radius 2 is 1.56 bits per heavy atom. The molecule has 0 atom stereocenters. The molecule has 1 aliphatic carbocycles. The van der Waals surface area contributed by atoms with Crippen LogP contribution in [0, 0.1) is 0 Å². The Balaban J connectivity index is 1.25. The van der Waals surface area contributed by atoms with Crippen molar-refractivity contribution in [1.29, 1.82) is 0 Å². The van der Waals surface area contributed by atoms with Gasteiger partial charge in [0.1, 0.15) is 11.6 Å². The molecule has 2 aromatic carbocycles. The normalized spacial score (nSPS) is 20.0. The summed E-state index contributed by atoms with van der Waals surface area (Å²) in [7, 11) is -3.59. The van der Waals surface area contributed by atoms with Gasteiger partial charge in [0.15, 0.2) is 5.82 Å². The fourth-order valence-electron chi connectivity index (χ4n) is 5.40. The highest BCUT2D eigenvalue weighted by molar-refractivity contribution is 7.89. The second kappa shape index (κ2) is 11.7. The lowest BCUT2D eigenvalue weighted by Gasteiger charge is -2.31. The average Bonchev–Trinajstić information content (AvgIpc) is 3.39. The van der Waals surface area contributed by atoms with Crippen LogP contribution in [0.5, 0.6) is 0 Å². The number of rotatable bonds is 8. The molecule has 2 N–H and O–H groups in total. The number of para-hydroxylation sites is 2. The third-order valence-electron chi connectivity index (χ3n) is 7.46. The topological polar surface area (TPSA) is 114 Å². The molecule has 0 spiro atoms. The lowest BCUT2D eigenvalue weighted by Crippen LogP contribution is -2.40. The zero-order valence-corrected chi connectivity index (χ0v) is 23.1. The fourth-order valence-corrected chi connectivity index (χ4v) is 6.72. The van der Waals surface area contributed by atoms with E-state index >= 15 is 0 Å². The minimum Gasteiger partial charge on any atom is -0.378 e. The Hall–Kier alpha value is -3.68. The van der Waals surface area contributed by atoms with Gasteiger partial charge < -0.3 is 15.0 Å². The van der Waals surface area contributed by atoms with E-state index in [0.717, 1.165) is 0 Å². The molecule has 0 unspecified atom stereocenters. The first-order valence-corrected chi connectivity index (χ1v) is 15.2. The van der Waals surface area contributed by atoms with Gasteiger partial charge in [0.25, 0.3) is 6.43 Å². The highest BCUT2D eigenvalue weighted by Crippen LogP contribution is 2.30. The van der Waals surface area contributed by atoms with Gasteiger partial charge >= 0.3 is 0 Å². The first-order chi connectivity index (χ1) is 19.9. The molecule has 0 bridgehead atoms. The number of anilines is 2. The maximum atomic E-state index is 14.1. The van der Waals surface area contributed by atoms with Crippen LogP contribution in [0.25, 0.3) is 16.9 Å². The molecule has 216 valence electrons. The van der Waals surface area contributed by atoms with Crippen molar-refractivity contribution < 1.29 is 21.9 Å². The Morgan fingerprint density at radius 3 is 2.29 bits per heavy atom. The van der Waals surface area contributed by atoms with Crippen LogP contribution in [0.3, 0.4) is 0 Å². The molecule has 1 saturated carbocycles. The van der Waals surface area contributed by atoms with Crippen LogP contribution in [0.15, 0.2) is 65.6 Å². The number of nitrogens with one attached hydrogen (secondary N) is 2. The zero-order chi connectivity index (χ0) is 28.4. The number of hydrogen-bond donors (Lipinski definition) is 2. The van der Waals surface area contributed by atoms with Gasteiger partial charge in [0, 0.05) is 31.2 Å². The number of benzene rings is 2. The lowest BCUT2D eigenvalue weighted by atomic mass is 9.92. The minimum absolute atomic E-state index is 0.0295. The molecular weight excluding hydrogens is 552 g/mol. The van der Waals surface area contributed by atoms with Crippen LogP contribution in [0.2, 0.25) is 0 Å². The van der Waals surface area contributed by atoms with Gasteiger partial charge in [0.05, 0.1) is 29.1 Å². The summed E-state index contributed by atoms with van der Waals surface area (Å²) in [4.78, 5) is 15.9. The van der Waals surface area contributed by atoms with Crippen molar-refractivity contribution in [2.75, 3.05) is 36.5 Å². The Morgan fingerprint density at radius 1 is 0.878 bits per heavy atom. The molecule has 41 heavy (non-hydrogen) atoms. The summed E-state index contributed by atoms with van der Waals surface area (Å²) in [5.74, 6) is 0.866. The number of nitrogens with zero attached hydrogens (tertiary/aromatic N) is 5. The summed E-state index contributed by atoms with van der Waals surface area (Å²) in [5.41, 5.74) is 0.992. The van der Waals surface area contributed by atoms with Gasteiger partial charge in [-0.15, -0.1) is 0 Å². The van der Waals surface area contributed by atoms with Gasteiger partial charge in [-0.25, -0.2) is 26.9 Å². The lowest BCUT2D eigenvalue weighted by molar-refractivity contribution is 0.122. The maximum absolute atomic E-state index is 14.1. The molecule has 1 saturated heterocycles. The first-order valence-electron chi connectivity index (χ1n) is 13.7. The highest BCUT2D eigenvalue weighted by Gasteiger charge is 2.27. The van der Waals surface area contributed by atoms with Crippen molar-refractivity contribution in [3.8, 4) is 5.82 Å². The number of hydrogen-bond acceptors (Lipinski definition) is 8. The minimum atomic E-state index is -3.59. The predicted molar refractivity (Wildman–Crippen MR) is 151 cm³/mol. The number of alkyl halides is 2. The summed E-state index contributed by atoms with van der Waals surface area (Å²) in [5, 5.41) is 3.47. The van der Waals surface area contributed by atoms with Crippen molar-refractivity contribution in [3.63, 3.8) is 0 Å². The number of imidazole rings is 1. The van der Waals surface area contributed by atoms with Crippen molar-refractivity contribution in [1.82, 2.24) is 24.2 Å². The Bertz CT molecular complexity index is 1600. The largest absolute Gasteiger partial charge is 0.378 e. The molecule has 10 nitrogen and oxygen atoms in total. The zero-order valence-electron chi connectivity index (χ0n) is 22.3. The van der Waals surface area contributed by atoms with Gasteiger partial charge in [-0.3, -0.25) is 4.57 Å². The van der Waals surface area contributed by atoms with Crippen LogP contribution >= 0.6 is 0 Å². The number of sulfonamides is 1. The van der Waals surface area contributed by atoms with Crippen molar-refractivity contribution >= 4 is 32.8 Å². The predicted octanol–water partition coefficient (Wildman–Crippen LogP) is 4.29. The third kappa shape index (κ3) is 6.02. The SMILES string of the molecule is O=S(=O)(NC1CCC(Nc2cc(-n3c(C(F)F)nc4ccccc43)nc(N3CCOCC3)n2)CC1)c1ccccc1. The number of aromatic nitrogens is 4. The van der Waals surface area contributed by atoms with E-state index < -0.39 is 16.4 Å². The van der Waals surface area contributed by atoms with Crippen molar-refractivity contribution in [2.45, 2.75) is 49.1 Å². The van der Waals surface area contributed by atoms with Gasteiger partial charge in [-0.1, -0.05) is 30.3 Å². The van der Waals surface area contributed by atoms with E-state index in [0.29, 0.717) is 80.6 Å². The molecule has 1 aliphatic heterocycles. The molecule has 13 heteroatoms. The molecule has 2 aromatic heterocycles. The Labute approximate surface area is 236 Å². The standard InChI is InChI=1S/C28H31F2N7O3S/c29-26(30)27-32-22-8-4-5-9-23(22)37(27)25-18-24(33-28(34-25)36-14-16-40-17-15-36)31-19-10-12-20(13-11-19)35-41(38,39)21-6-2-1-3-7-21/h1-9,18-20,26,35H,10-17H2,(H,31,33,34). The molecule has 0 amide bonds. The van der Waals surface area contributed by atoms with Crippen LogP contribution < -0.4 is 14.9 Å². The summed E-state index contributed by atoms with van der Waals surface area (Å²) < 4.78 is 63.5. The molecule has 2 aliphatic rings. The summed E-state index contributed by atoms with van der Waals surface area (Å²) in [6.07, 6.45) is -0.0653. The van der Waals surface area contributed by atoms with Crippen LogP contribution in [-0.2, 0) is 14.8 Å². The van der Waals surface area contributed by atoms with Crippen LogP contribution in [0.4, 0.5) is 20.5 Å². The molecular formula is C28H31F2N7O3S. The van der Waals surface area contributed by atoms with E-state index in [-0.39, 0.29) is 22.8 Å². The highest BCUT2D eigenvalue weighted by atomic mass is 32.2. The van der Waals surface area contributed by atoms with Crippen molar-refractivity contribution in [2.24, 2.45) is 0 Å². The summed E-state index contributed by atoms with van der Waals surface area (Å²) >= 11 is 0. The van der Waals surface area contributed by atoms with Crippen LogP contribution in [-0.4, -0.2) is 66.3 Å². The van der Waals surface area contributed by atoms with E-state index in [1.807, 2.05) is 4.90 Å². The number of fused-ring (bicyclic) bond motifs is 1. The Kier molecular flexibility index (Phi) is 7.82. The average molecular weight is 584 g/mol. The monoisotopic (exact) mass is 583 g/mol.